The predicted molar refractivity (Wildman–Crippen MR) is 98.4 cm³/mol. The van der Waals surface area contributed by atoms with E-state index in [1.807, 2.05) is 12.3 Å². The highest BCUT2D eigenvalue weighted by atomic mass is 79.9. The molecule has 0 saturated carbocycles. The normalized spacial score (nSPS) is 13.0. The van der Waals surface area contributed by atoms with Gasteiger partial charge in [0.15, 0.2) is 0 Å². The molecule has 0 fully saturated rings. The molecule has 3 heteroatoms. The van der Waals surface area contributed by atoms with Crippen LogP contribution in [-0.2, 0) is 0 Å². The molecule has 1 unspecified atom stereocenters. The van der Waals surface area contributed by atoms with Gasteiger partial charge in [0, 0.05) is 15.2 Å². The zero-order chi connectivity index (χ0) is 15.4. The van der Waals surface area contributed by atoms with Crippen LogP contribution >= 0.6 is 31.9 Å². The van der Waals surface area contributed by atoms with Crippen LogP contribution in [0.2, 0.25) is 0 Å². The highest BCUT2D eigenvalue weighted by Crippen LogP contribution is 2.28. The average Bonchev–Trinajstić information content (AvgIpc) is 2.45. The SMILES string of the molecule is CC(C)c1ccc(C=NC(C)c2ccc(Br)cc2Br)cc1. The van der Waals surface area contributed by atoms with E-state index in [0.29, 0.717) is 5.92 Å². The Kier molecular flexibility index (Phi) is 5.77. The Morgan fingerprint density at radius 1 is 0.952 bits per heavy atom. The van der Waals surface area contributed by atoms with Crippen molar-refractivity contribution < 1.29 is 0 Å². The minimum atomic E-state index is 0.122. The van der Waals surface area contributed by atoms with Crippen molar-refractivity contribution in [1.82, 2.24) is 0 Å². The highest BCUT2D eigenvalue weighted by molar-refractivity contribution is 9.11. The number of rotatable bonds is 4. The molecule has 0 N–H and O–H groups in total. The van der Waals surface area contributed by atoms with Crippen molar-refractivity contribution in [3.05, 3.63) is 68.1 Å². The molecule has 0 radical (unpaired) electrons. The van der Waals surface area contributed by atoms with E-state index in [9.17, 15) is 0 Å². The van der Waals surface area contributed by atoms with Crippen LogP contribution < -0.4 is 0 Å². The first-order valence-corrected chi connectivity index (χ1v) is 8.64. The maximum atomic E-state index is 4.66. The van der Waals surface area contributed by atoms with Crippen LogP contribution in [0.25, 0.3) is 0 Å². The van der Waals surface area contributed by atoms with Crippen molar-refractivity contribution in [3.63, 3.8) is 0 Å². The van der Waals surface area contributed by atoms with E-state index in [4.69, 9.17) is 0 Å². The molecule has 0 aliphatic rings. The fourth-order valence-electron chi connectivity index (χ4n) is 2.09. The largest absolute Gasteiger partial charge is 0.285 e. The second-order valence-corrected chi connectivity index (χ2v) is 7.21. The summed E-state index contributed by atoms with van der Waals surface area (Å²) in [7, 11) is 0. The first kappa shape index (κ1) is 16.4. The number of hydrogen-bond acceptors (Lipinski definition) is 1. The van der Waals surface area contributed by atoms with Crippen molar-refractivity contribution in [2.24, 2.45) is 4.99 Å². The standard InChI is InChI=1S/C18H19Br2N/c1-12(2)15-6-4-14(5-7-15)11-21-13(3)17-9-8-16(19)10-18(17)20/h4-13H,1-3H3. The molecule has 0 spiro atoms. The Labute approximate surface area is 143 Å². The van der Waals surface area contributed by atoms with Crippen LogP contribution in [0.5, 0.6) is 0 Å². The summed E-state index contributed by atoms with van der Waals surface area (Å²) >= 11 is 7.07. The molecule has 0 aromatic heterocycles. The number of benzene rings is 2. The maximum Gasteiger partial charge on any atom is 0.0731 e. The summed E-state index contributed by atoms with van der Waals surface area (Å²) in [5.41, 5.74) is 3.68. The summed E-state index contributed by atoms with van der Waals surface area (Å²) in [4.78, 5) is 4.66. The first-order chi connectivity index (χ1) is 9.97. The molecule has 0 aliphatic carbocycles. The molecule has 0 saturated heterocycles. The topological polar surface area (TPSA) is 12.4 Å². The number of aliphatic imine (C=N–C) groups is 1. The van der Waals surface area contributed by atoms with Crippen LogP contribution in [0.3, 0.4) is 0 Å². The highest BCUT2D eigenvalue weighted by Gasteiger charge is 2.07. The second kappa shape index (κ2) is 7.37. The van der Waals surface area contributed by atoms with Gasteiger partial charge in [0.1, 0.15) is 0 Å². The molecular formula is C18H19Br2N. The van der Waals surface area contributed by atoms with Crippen molar-refractivity contribution in [3.8, 4) is 0 Å². The van der Waals surface area contributed by atoms with E-state index in [-0.39, 0.29) is 6.04 Å². The second-order valence-electron chi connectivity index (χ2n) is 5.44. The molecule has 2 aromatic rings. The lowest BCUT2D eigenvalue weighted by molar-refractivity contribution is 0.819. The molecule has 2 aromatic carbocycles. The fourth-order valence-corrected chi connectivity index (χ4v) is 3.46. The quantitative estimate of drug-likeness (QED) is 0.511. The van der Waals surface area contributed by atoms with Gasteiger partial charge in [-0.3, -0.25) is 4.99 Å². The van der Waals surface area contributed by atoms with E-state index >= 15 is 0 Å². The van der Waals surface area contributed by atoms with Crippen molar-refractivity contribution in [2.45, 2.75) is 32.7 Å². The van der Waals surface area contributed by atoms with Gasteiger partial charge in [-0.1, -0.05) is 76.0 Å². The Balaban J connectivity index is 2.12. The van der Waals surface area contributed by atoms with E-state index in [1.165, 1.54) is 11.1 Å². The Hall–Kier alpha value is -0.930. The lowest BCUT2D eigenvalue weighted by Crippen LogP contribution is -1.93. The summed E-state index contributed by atoms with van der Waals surface area (Å²) in [6.45, 7) is 6.51. The van der Waals surface area contributed by atoms with Gasteiger partial charge >= 0.3 is 0 Å². The third kappa shape index (κ3) is 4.52. The van der Waals surface area contributed by atoms with Crippen molar-refractivity contribution >= 4 is 38.1 Å². The van der Waals surface area contributed by atoms with Gasteiger partial charge in [-0.05, 0) is 41.7 Å². The molecule has 0 amide bonds. The van der Waals surface area contributed by atoms with Crippen LogP contribution in [0.15, 0.2) is 56.4 Å². The van der Waals surface area contributed by atoms with Gasteiger partial charge in [-0.2, -0.15) is 0 Å². The van der Waals surface area contributed by atoms with E-state index in [2.05, 4.69) is 94.0 Å². The summed E-state index contributed by atoms with van der Waals surface area (Å²) < 4.78 is 2.15. The lowest BCUT2D eigenvalue weighted by atomic mass is 10.0. The molecule has 0 heterocycles. The summed E-state index contributed by atoms with van der Waals surface area (Å²) in [6, 6.07) is 14.9. The molecule has 110 valence electrons. The molecule has 2 rings (SSSR count). The zero-order valence-corrected chi connectivity index (χ0v) is 15.6. The predicted octanol–water partition coefficient (Wildman–Crippen LogP) is 6.52. The summed E-state index contributed by atoms with van der Waals surface area (Å²) in [5.74, 6) is 0.564. The number of hydrogen-bond donors (Lipinski definition) is 0. The Morgan fingerprint density at radius 2 is 1.62 bits per heavy atom. The van der Waals surface area contributed by atoms with Crippen LogP contribution in [-0.4, -0.2) is 6.21 Å². The van der Waals surface area contributed by atoms with Gasteiger partial charge in [-0.25, -0.2) is 0 Å². The summed E-state index contributed by atoms with van der Waals surface area (Å²) in [5, 5.41) is 0. The monoisotopic (exact) mass is 407 g/mol. The summed E-state index contributed by atoms with van der Waals surface area (Å²) in [6.07, 6.45) is 1.95. The van der Waals surface area contributed by atoms with Crippen LogP contribution in [0.4, 0.5) is 0 Å². The van der Waals surface area contributed by atoms with Gasteiger partial charge in [0.2, 0.25) is 0 Å². The zero-order valence-electron chi connectivity index (χ0n) is 12.5. The minimum Gasteiger partial charge on any atom is -0.285 e. The van der Waals surface area contributed by atoms with Crippen molar-refractivity contribution in [2.75, 3.05) is 0 Å². The van der Waals surface area contributed by atoms with Gasteiger partial charge < -0.3 is 0 Å². The first-order valence-electron chi connectivity index (χ1n) is 7.05. The van der Waals surface area contributed by atoms with Gasteiger partial charge in [-0.15, -0.1) is 0 Å². The number of halogens is 2. The smallest absolute Gasteiger partial charge is 0.0731 e. The molecule has 0 aliphatic heterocycles. The molecule has 1 atom stereocenters. The average molecular weight is 409 g/mol. The van der Waals surface area contributed by atoms with Crippen molar-refractivity contribution in [1.29, 1.82) is 0 Å². The minimum absolute atomic E-state index is 0.122. The molecule has 0 bridgehead atoms. The number of nitrogens with zero attached hydrogens (tertiary/aromatic N) is 1. The fraction of sp³-hybridized carbons (Fsp3) is 0.278. The van der Waals surface area contributed by atoms with Gasteiger partial charge in [0.05, 0.1) is 6.04 Å². The van der Waals surface area contributed by atoms with E-state index < -0.39 is 0 Å². The van der Waals surface area contributed by atoms with E-state index in [1.54, 1.807) is 0 Å². The third-order valence-corrected chi connectivity index (χ3v) is 4.64. The maximum absolute atomic E-state index is 4.66. The Bertz CT molecular complexity index is 630. The lowest BCUT2D eigenvalue weighted by Gasteiger charge is -2.10. The molecular weight excluding hydrogens is 390 g/mol. The molecule has 1 nitrogen and oxygen atoms in total. The molecule has 21 heavy (non-hydrogen) atoms. The van der Waals surface area contributed by atoms with E-state index in [0.717, 1.165) is 14.5 Å². The third-order valence-electron chi connectivity index (χ3n) is 3.46. The van der Waals surface area contributed by atoms with Gasteiger partial charge in [0.25, 0.3) is 0 Å². The van der Waals surface area contributed by atoms with Crippen LogP contribution in [0.1, 0.15) is 49.4 Å². The van der Waals surface area contributed by atoms with Crippen LogP contribution in [0, 0.1) is 0 Å². The Morgan fingerprint density at radius 3 is 2.19 bits per heavy atom.